The van der Waals surface area contributed by atoms with E-state index in [-0.39, 0.29) is 12.3 Å². The maximum absolute atomic E-state index is 6.24. The van der Waals surface area contributed by atoms with Gasteiger partial charge in [0.05, 0.1) is 36.6 Å². The zero-order valence-electron chi connectivity index (χ0n) is 21.2. The normalized spacial score (nSPS) is 21.2. The Kier molecular flexibility index (Phi) is 6.14. The van der Waals surface area contributed by atoms with Crippen molar-refractivity contribution in [3.63, 3.8) is 0 Å². The van der Waals surface area contributed by atoms with E-state index in [2.05, 4.69) is 67.4 Å². The van der Waals surface area contributed by atoms with E-state index in [9.17, 15) is 0 Å². The van der Waals surface area contributed by atoms with Crippen molar-refractivity contribution in [1.29, 1.82) is 0 Å². The fraction of sp³-hybridized carbons (Fsp3) is 0.500. The number of benzene rings is 1. The molecule has 0 bridgehead atoms. The van der Waals surface area contributed by atoms with Crippen molar-refractivity contribution >= 4 is 5.70 Å². The highest BCUT2D eigenvalue weighted by molar-refractivity contribution is 5.65. The van der Waals surface area contributed by atoms with E-state index >= 15 is 0 Å². The zero-order valence-corrected chi connectivity index (χ0v) is 21.2. The number of ether oxygens (including phenoxy) is 2. The molecule has 0 spiro atoms. The highest BCUT2D eigenvalue weighted by Gasteiger charge is 2.32. The highest BCUT2D eigenvalue weighted by atomic mass is 16.5. The smallest absolute Gasteiger partial charge is 0.175 e. The van der Waals surface area contributed by atoms with Crippen LogP contribution in [0.5, 0.6) is 5.75 Å². The zero-order chi connectivity index (χ0) is 24.6. The molecule has 10 heteroatoms. The molecule has 2 aromatic heterocycles. The minimum absolute atomic E-state index is 0.0182. The van der Waals surface area contributed by atoms with Crippen molar-refractivity contribution < 1.29 is 9.47 Å². The third-order valence-corrected chi connectivity index (χ3v) is 7.52. The number of aromatic nitrogens is 5. The van der Waals surface area contributed by atoms with Crippen LogP contribution in [0.1, 0.15) is 43.4 Å². The summed E-state index contributed by atoms with van der Waals surface area (Å²) in [7, 11) is 3.90. The van der Waals surface area contributed by atoms with Gasteiger partial charge in [0.25, 0.3) is 0 Å². The number of nitrogens with zero attached hydrogens (tertiary/aromatic N) is 7. The number of hydrogen-bond donors (Lipinski definition) is 1. The molecule has 5 heterocycles. The van der Waals surface area contributed by atoms with Crippen LogP contribution in [0, 0.1) is 0 Å². The molecule has 190 valence electrons. The van der Waals surface area contributed by atoms with Gasteiger partial charge in [-0.1, -0.05) is 12.1 Å². The predicted molar refractivity (Wildman–Crippen MR) is 136 cm³/mol. The summed E-state index contributed by atoms with van der Waals surface area (Å²) in [5.74, 6) is 1.72. The third-order valence-electron chi connectivity index (χ3n) is 7.52. The van der Waals surface area contributed by atoms with Gasteiger partial charge >= 0.3 is 0 Å². The number of methoxy groups -OCH3 is 1. The lowest BCUT2D eigenvalue weighted by atomic mass is 10.0. The summed E-state index contributed by atoms with van der Waals surface area (Å²) < 4.78 is 15.8. The first-order valence-corrected chi connectivity index (χ1v) is 12.7. The fourth-order valence-corrected chi connectivity index (χ4v) is 5.38. The molecule has 0 saturated carbocycles. The Morgan fingerprint density at radius 2 is 2.03 bits per heavy atom. The van der Waals surface area contributed by atoms with Crippen LogP contribution in [0.2, 0.25) is 0 Å². The van der Waals surface area contributed by atoms with Crippen LogP contribution in [0.25, 0.3) is 17.0 Å². The van der Waals surface area contributed by atoms with Gasteiger partial charge < -0.3 is 24.6 Å². The average Bonchev–Trinajstić information content (AvgIpc) is 3.63. The summed E-state index contributed by atoms with van der Waals surface area (Å²) in [6, 6.07) is 9.09. The first kappa shape index (κ1) is 23.1. The average molecular weight is 491 g/mol. The third kappa shape index (κ3) is 4.24. The van der Waals surface area contributed by atoms with Gasteiger partial charge in [-0.25, -0.2) is 9.67 Å². The van der Waals surface area contributed by atoms with Crippen LogP contribution in [-0.4, -0.2) is 80.8 Å². The van der Waals surface area contributed by atoms with Crippen molar-refractivity contribution in [1.82, 2.24) is 39.7 Å². The molecule has 0 aliphatic carbocycles. The topological polar surface area (TPSA) is 85.5 Å². The van der Waals surface area contributed by atoms with Crippen molar-refractivity contribution in [2.24, 2.45) is 0 Å². The van der Waals surface area contributed by atoms with Crippen LogP contribution in [-0.2, 0) is 11.3 Å². The molecule has 3 aromatic rings. The standard InChI is InChI=1S/C26H34N8O2/c1-18(35-3)15-33-26(27-17-29-33)22-16-32-12-13-36-24-14-19(4-5-21(24)25(32)30-22)23-6-9-28-34(23)20-7-10-31(2)11-8-20/h4-6,9,14,16-18,20,25,30H,7-8,10-13,15H2,1-3H3. The quantitative estimate of drug-likeness (QED) is 0.565. The Balaban J connectivity index is 1.25. The van der Waals surface area contributed by atoms with Crippen LogP contribution >= 0.6 is 0 Å². The summed E-state index contributed by atoms with van der Waals surface area (Å²) in [5, 5.41) is 12.8. The van der Waals surface area contributed by atoms with Gasteiger partial charge in [0.1, 0.15) is 24.8 Å². The van der Waals surface area contributed by atoms with Crippen molar-refractivity contribution in [2.45, 2.75) is 44.6 Å². The maximum Gasteiger partial charge on any atom is 0.175 e. The molecule has 1 aromatic carbocycles. The largest absolute Gasteiger partial charge is 0.491 e. The maximum atomic E-state index is 6.24. The van der Waals surface area contributed by atoms with Gasteiger partial charge in [-0.3, -0.25) is 4.68 Å². The number of hydrogen-bond acceptors (Lipinski definition) is 8. The molecule has 2 atom stereocenters. The van der Waals surface area contributed by atoms with Crippen LogP contribution < -0.4 is 10.1 Å². The van der Waals surface area contributed by atoms with E-state index in [1.165, 1.54) is 0 Å². The molecule has 36 heavy (non-hydrogen) atoms. The molecule has 3 aliphatic rings. The summed E-state index contributed by atoms with van der Waals surface area (Å²) in [6.45, 7) is 6.27. The van der Waals surface area contributed by atoms with E-state index in [1.807, 2.05) is 17.8 Å². The molecule has 10 nitrogen and oxygen atoms in total. The highest BCUT2D eigenvalue weighted by Crippen LogP contribution is 2.39. The van der Waals surface area contributed by atoms with Crippen LogP contribution in [0.3, 0.4) is 0 Å². The Morgan fingerprint density at radius 3 is 2.86 bits per heavy atom. The SMILES string of the molecule is COC(C)Cn1ncnc1C1=CN2CCOc3cc(-c4ccnn4C4CCN(C)CC4)ccc3C2N1. The van der Waals surface area contributed by atoms with E-state index in [0.717, 1.165) is 66.6 Å². The summed E-state index contributed by atoms with van der Waals surface area (Å²) in [6.07, 6.45) is 7.91. The van der Waals surface area contributed by atoms with Gasteiger partial charge in [-0.15, -0.1) is 0 Å². The van der Waals surface area contributed by atoms with Gasteiger partial charge in [0.2, 0.25) is 0 Å². The summed E-state index contributed by atoms with van der Waals surface area (Å²) >= 11 is 0. The van der Waals surface area contributed by atoms with E-state index in [4.69, 9.17) is 14.6 Å². The molecule has 3 aliphatic heterocycles. The number of piperidine rings is 1. The second kappa shape index (κ2) is 9.59. The van der Waals surface area contributed by atoms with Crippen molar-refractivity contribution in [3.8, 4) is 17.0 Å². The second-order valence-electron chi connectivity index (χ2n) is 9.94. The Labute approximate surface area is 211 Å². The minimum atomic E-state index is -0.0182. The van der Waals surface area contributed by atoms with Crippen LogP contribution in [0.15, 0.2) is 43.0 Å². The molecule has 1 saturated heterocycles. The minimum Gasteiger partial charge on any atom is -0.491 e. The number of rotatable bonds is 6. The van der Waals surface area contributed by atoms with E-state index in [0.29, 0.717) is 19.2 Å². The molecule has 0 amide bonds. The molecule has 1 fully saturated rings. The van der Waals surface area contributed by atoms with Gasteiger partial charge in [-0.2, -0.15) is 10.2 Å². The van der Waals surface area contributed by atoms with Crippen LogP contribution in [0.4, 0.5) is 0 Å². The summed E-state index contributed by atoms with van der Waals surface area (Å²) in [5.41, 5.74) is 4.36. The Morgan fingerprint density at radius 1 is 1.17 bits per heavy atom. The predicted octanol–water partition coefficient (Wildman–Crippen LogP) is 2.74. The first-order valence-electron chi connectivity index (χ1n) is 12.7. The molecular formula is C26H34N8O2. The van der Waals surface area contributed by atoms with E-state index in [1.54, 1.807) is 13.4 Å². The van der Waals surface area contributed by atoms with Crippen molar-refractivity contribution in [2.75, 3.05) is 40.4 Å². The lowest BCUT2D eigenvalue weighted by Crippen LogP contribution is -2.32. The first-order chi connectivity index (χ1) is 17.6. The number of likely N-dealkylation sites (tertiary alicyclic amines) is 1. The molecule has 1 N–H and O–H groups in total. The van der Waals surface area contributed by atoms with Gasteiger partial charge in [0.15, 0.2) is 5.82 Å². The Hall–Kier alpha value is -3.37. The molecular weight excluding hydrogens is 456 g/mol. The number of fused-ring (bicyclic) bond motifs is 3. The lowest BCUT2D eigenvalue weighted by molar-refractivity contribution is 0.0994. The second-order valence-corrected chi connectivity index (χ2v) is 9.94. The molecule has 2 unspecified atom stereocenters. The fourth-order valence-electron chi connectivity index (χ4n) is 5.38. The number of nitrogens with one attached hydrogen (secondary N) is 1. The van der Waals surface area contributed by atoms with Crippen molar-refractivity contribution in [3.05, 3.63) is 54.4 Å². The molecule has 6 rings (SSSR count). The van der Waals surface area contributed by atoms with Gasteiger partial charge in [-0.05, 0) is 52.0 Å². The molecule has 0 radical (unpaired) electrons. The monoisotopic (exact) mass is 490 g/mol. The van der Waals surface area contributed by atoms with E-state index < -0.39 is 0 Å². The van der Waals surface area contributed by atoms with Gasteiger partial charge in [0, 0.05) is 30.6 Å². The Bertz CT molecular complexity index is 1240. The summed E-state index contributed by atoms with van der Waals surface area (Å²) in [4.78, 5) is 9.19. The lowest BCUT2D eigenvalue weighted by Gasteiger charge is -2.30.